The minimum absolute atomic E-state index is 0.0820. The van der Waals surface area contributed by atoms with E-state index in [-0.39, 0.29) is 18.9 Å². The number of aliphatic imine (C=N–C) groups is 1. The normalized spacial score (nSPS) is 13.8. The largest absolute Gasteiger partial charge is 0.480 e. The Bertz CT molecular complexity index is 544. The molecule has 0 saturated carbocycles. The second-order valence-electron chi connectivity index (χ2n) is 6.58. The topological polar surface area (TPSA) is 212 Å². The molecular weight excluding hydrogens is 398 g/mol. The molecule has 0 aromatic rings. The molecule has 11 nitrogen and oxygen atoms in total. The Hall–Kier alpha value is -2.05. The van der Waals surface area contributed by atoms with Crippen LogP contribution in [0, 0.1) is 0 Å². The number of guanidine groups is 1. The van der Waals surface area contributed by atoms with Crippen LogP contribution in [-0.4, -0.2) is 72.1 Å². The Morgan fingerprint density at radius 1 is 1.00 bits per heavy atom. The Kier molecular flexibility index (Phi) is 14.7. The van der Waals surface area contributed by atoms with Crippen molar-refractivity contribution in [3.05, 3.63) is 0 Å². The highest BCUT2D eigenvalue weighted by Crippen LogP contribution is 2.06. The van der Waals surface area contributed by atoms with Crippen molar-refractivity contribution in [3.63, 3.8) is 0 Å². The van der Waals surface area contributed by atoms with E-state index in [4.69, 9.17) is 22.9 Å². The summed E-state index contributed by atoms with van der Waals surface area (Å²) < 4.78 is 0. The van der Waals surface area contributed by atoms with E-state index in [1.165, 1.54) is 0 Å². The van der Waals surface area contributed by atoms with Crippen molar-refractivity contribution in [2.75, 3.05) is 25.1 Å². The number of nitrogens with zero attached hydrogens (tertiary/aromatic N) is 1. The third-order valence-electron chi connectivity index (χ3n) is 4.11. The van der Waals surface area contributed by atoms with Gasteiger partial charge in [0.25, 0.3) is 0 Å². The van der Waals surface area contributed by atoms with Gasteiger partial charge < -0.3 is 38.7 Å². The lowest BCUT2D eigenvalue weighted by Crippen LogP contribution is -2.54. The van der Waals surface area contributed by atoms with Gasteiger partial charge >= 0.3 is 5.97 Å². The molecule has 3 atom stereocenters. The number of unbranched alkanes of at least 4 members (excludes halogenated alkanes) is 1. The molecule has 0 spiro atoms. The number of hydrogen-bond acceptors (Lipinski definition) is 7. The number of rotatable bonds is 16. The fourth-order valence-corrected chi connectivity index (χ4v) is 2.94. The maximum Gasteiger partial charge on any atom is 0.326 e. The van der Waals surface area contributed by atoms with Crippen LogP contribution in [0.4, 0.5) is 0 Å². The standard InChI is InChI=1S/C17H35N7O4S/c1-29-10-7-11(19)14(25)23-12(5-2-3-8-18)15(26)24-13(16(27)28)6-4-9-22-17(20)21/h11-13H,2-10,18-19H2,1H3,(H,23,25)(H,24,26)(H,27,28)(H4,20,21,22). The summed E-state index contributed by atoms with van der Waals surface area (Å²) in [6, 6.07) is -2.73. The molecule has 0 aliphatic rings. The van der Waals surface area contributed by atoms with Crippen LogP contribution in [0.3, 0.4) is 0 Å². The fourth-order valence-electron chi connectivity index (χ4n) is 2.45. The van der Waals surface area contributed by atoms with Gasteiger partial charge in [0.05, 0.1) is 6.04 Å². The van der Waals surface area contributed by atoms with Crippen LogP contribution in [0.1, 0.15) is 38.5 Å². The third kappa shape index (κ3) is 12.9. The number of amides is 2. The van der Waals surface area contributed by atoms with Gasteiger partial charge in [-0.05, 0) is 57.1 Å². The summed E-state index contributed by atoms with van der Waals surface area (Å²) in [5, 5.41) is 14.5. The molecule has 0 saturated heterocycles. The summed E-state index contributed by atoms with van der Waals surface area (Å²) in [6.07, 6.45) is 4.54. The lowest BCUT2D eigenvalue weighted by Gasteiger charge is -2.23. The highest BCUT2D eigenvalue weighted by atomic mass is 32.2. The number of hydrogen-bond donors (Lipinski definition) is 7. The molecule has 12 heteroatoms. The Morgan fingerprint density at radius 2 is 1.62 bits per heavy atom. The van der Waals surface area contributed by atoms with Crippen molar-refractivity contribution in [3.8, 4) is 0 Å². The Balaban J connectivity index is 4.93. The third-order valence-corrected chi connectivity index (χ3v) is 4.75. The van der Waals surface area contributed by atoms with Crippen LogP contribution in [-0.2, 0) is 14.4 Å². The SMILES string of the molecule is CSCCC(N)C(=O)NC(CCCCN)C(=O)NC(CCCN=C(N)N)C(=O)O. The smallest absolute Gasteiger partial charge is 0.326 e. The zero-order valence-electron chi connectivity index (χ0n) is 16.9. The number of carbonyl (C=O) groups is 3. The van der Waals surface area contributed by atoms with Gasteiger partial charge in [-0.2, -0.15) is 11.8 Å². The van der Waals surface area contributed by atoms with Gasteiger partial charge in [-0.15, -0.1) is 0 Å². The van der Waals surface area contributed by atoms with Crippen LogP contribution >= 0.6 is 11.8 Å². The van der Waals surface area contributed by atoms with E-state index < -0.39 is 35.9 Å². The quantitative estimate of drug-likeness (QED) is 0.0838. The highest BCUT2D eigenvalue weighted by molar-refractivity contribution is 7.98. The van der Waals surface area contributed by atoms with Crippen LogP contribution in [0.25, 0.3) is 0 Å². The molecule has 0 aromatic carbocycles. The van der Waals surface area contributed by atoms with Gasteiger partial charge in [0.1, 0.15) is 12.1 Å². The molecule has 0 aliphatic carbocycles. The molecule has 0 bridgehead atoms. The van der Waals surface area contributed by atoms with Crippen LogP contribution in [0.5, 0.6) is 0 Å². The average Bonchev–Trinajstić information content (AvgIpc) is 2.66. The van der Waals surface area contributed by atoms with Crippen molar-refractivity contribution in [1.82, 2.24) is 10.6 Å². The summed E-state index contributed by atoms with van der Waals surface area (Å²) in [4.78, 5) is 40.2. The molecule has 0 rings (SSSR count). The van der Waals surface area contributed by atoms with Gasteiger partial charge in [0, 0.05) is 6.54 Å². The lowest BCUT2D eigenvalue weighted by molar-refractivity contribution is -0.142. The Labute approximate surface area is 175 Å². The summed E-state index contributed by atoms with van der Waals surface area (Å²) >= 11 is 1.57. The van der Waals surface area contributed by atoms with Crippen LogP contribution in [0.2, 0.25) is 0 Å². The van der Waals surface area contributed by atoms with E-state index in [0.29, 0.717) is 38.6 Å². The fraction of sp³-hybridized carbons (Fsp3) is 0.765. The molecule has 11 N–H and O–H groups in total. The molecule has 168 valence electrons. The predicted molar refractivity (Wildman–Crippen MR) is 115 cm³/mol. The molecular formula is C17H35N7O4S. The second-order valence-corrected chi connectivity index (χ2v) is 7.57. The maximum absolute atomic E-state index is 12.6. The zero-order valence-corrected chi connectivity index (χ0v) is 17.7. The minimum atomic E-state index is -1.17. The molecule has 0 heterocycles. The van der Waals surface area contributed by atoms with Crippen molar-refractivity contribution < 1.29 is 19.5 Å². The number of carbonyl (C=O) groups excluding carboxylic acids is 2. The first kappa shape index (κ1) is 27.0. The maximum atomic E-state index is 12.6. The predicted octanol–water partition coefficient (Wildman–Crippen LogP) is -1.70. The minimum Gasteiger partial charge on any atom is -0.480 e. The van der Waals surface area contributed by atoms with Crippen LogP contribution in [0.15, 0.2) is 4.99 Å². The van der Waals surface area contributed by atoms with Gasteiger partial charge in [-0.1, -0.05) is 0 Å². The van der Waals surface area contributed by atoms with E-state index in [9.17, 15) is 19.5 Å². The number of carboxylic acid groups (broad SMARTS) is 1. The van der Waals surface area contributed by atoms with E-state index >= 15 is 0 Å². The number of aliphatic carboxylic acids is 1. The van der Waals surface area contributed by atoms with Crippen molar-refractivity contribution in [2.24, 2.45) is 27.9 Å². The summed E-state index contributed by atoms with van der Waals surface area (Å²) in [5.41, 5.74) is 21.8. The van der Waals surface area contributed by atoms with Crippen molar-refractivity contribution >= 4 is 35.5 Å². The Morgan fingerprint density at radius 3 is 2.17 bits per heavy atom. The number of nitrogens with two attached hydrogens (primary N) is 4. The summed E-state index contributed by atoms with van der Waals surface area (Å²) in [7, 11) is 0. The summed E-state index contributed by atoms with van der Waals surface area (Å²) in [6.45, 7) is 0.709. The van der Waals surface area contributed by atoms with E-state index in [0.717, 1.165) is 5.75 Å². The van der Waals surface area contributed by atoms with Crippen LogP contribution < -0.4 is 33.6 Å². The van der Waals surface area contributed by atoms with Gasteiger partial charge in [0.2, 0.25) is 11.8 Å². The first-order valence-corrected chi connectivity index (χ1v) is 11.0. The van der Waals surface area contributed by atoms with E-state index in [2.05, 4.69) is 15.6 Å². The summed E-state index contributed by atoms with van der Waals surface area (Å²) in [5.74, 6) is -1.54. The average molecular weight is 434 g/mol. The molecule has 0 radical (unpaired) electrons. The number of thioether (sulfide) groups is 1. The van der Waals surface area contributed by atoms with Gasteiger partial charge in [-0.25, -0.2) is 4.79 Å². The molecule has 0 fully saturated rings. The number of nitrogens with one attached hydrogen (secondary N) is 2. The molecule has 0 aliphatic heterocycles. The molecule has 0 aromatic heterocycles. The van der Waals surface area contributed by atoms with Crippen molar-refractivity contribution in [2.45, 2.75) is 56.7 Å². The first-order chi connectivity index (χ1) is 13.7. The highest BCUT2D eigenvalue weighted by Gasteiger charge is 2.27. The first-order valence-electron chi connectivity index (χ1n) is 9.56. The lowest BCUT2D eigenvalue weighted by atomic mass is 10.1. The zero-order chi connectivity index (χ0) is 22.2. The molecule has 29 heavy (non-hydrogen) atoms. The van der Waals surface area contributed by atoms with Gasteiger partial charge in [0.15, 0.2) is 5.96 Å². The molecule has 3 unspecified atom stereocenters. The second kappa shape index (κ2) is 15.8. The monoisotopic (exact) mass is 433 g/mol. The van der Waals surface area contributed by atoms with Gasteiger partial charge in [-0.3, -0.25) is 14.6 Å². The van der Waals surface area contributed by atoms with E-state index in [1.54, 1.807) is 11.8 Å². The number of carboxylic acids is 1. The van der Waals surface area contributed by atoms with E-state index in [1.807, 2.05) is 6.26 Å². The molecule has 2 amide bonds. The van der Waals surface area contributed by atoms with Crippen molar-refractivity contribution in [1.29, 1.82) is 0 Å².